The van der Waals surface area contributed by atoms with Crippen molar-refractivity contribution in [2.24, 2.45) is 5.92 Å². The first-order valence-corrected chi connectivity index (χ1v) is 3.44. The molecule has 1 rings (SSSR count). The molecule has 0 aromatic carbocycles. The molecule has 2 atom stereocenters. The molecule has 0 amide bonds. The van der Waals surface area contributed by atoms with E-state index in [-0.39, 0.29) is 13.0 Å². The lowest BCUT2D eigenvalue weighted by atomic mass is 10.1. The second-order valence-corrected chi connectivity index (χ2v) is 2.77. The average Bonchev–Trinajstić information content (AvgIpc) is 2.30. The molecule has 0 unspecified atom stereocenters. The summed E-state index contributed by atoms with van der Waals surface area (Å²) >= 11 is 0. The summed E-state index contributed by atoms with van der Waals surface area (Å²) in [4.78, 5) is 10.3. The maximum Gasteiger partial charge on any atom is 0.403 e. The van der Waals surface area contributed by atoms with Crippen LogP contribution in [0.5, 0.6) is 0 Å². The third-order valence-corrected chi connectivity index (χ3v) is 1.88. The van der Waals surface area contributed by atoms with Crippen molar-refractivity contribution >= 4 is 5.97 Å². The lowest BCUT2D eigenvalue weighted by Gasteiger charge is -2.13. The number of aliphatic carboxylic acids is 1. The van der Waals surface area contributed by atoms with Crippen LogP contribution in [0.2, 0.25) is 0 Å². The van der Waals surface area contributed by atoms with Crippen LogP contribution >= 0.6 is 0 Å². The smallest absolute Gasteiger partial charge is 0.403 e. The first kappa shape index (κ1) is 9.31. The molecule has 6 heteroatoms. The van der Waals surface area contributed by atoms with Crippen LogP contribution in [-0.2, 0) is 4.79 Å². The number of carboxylic acid groups (broad SMARTS) is 1. The van der Waals surface area contributed by atoms with Gasteiger partial charge in [0.25, 0.3) is 0 Å². The summed E-state index contributed by atoms with van der Waals surface area (Å²) in [6.45, 7) is -0.0977. The monoisotopic (exact) mass is 183 g/mol. The minimum Gasteiger partial charge on any atom is -0.481 e. The van der Waals surface area contributed by atoms with Gasteiger partial charge in [-0.1, -0.05) is 0 Å². The molecular weight excluding hydrogens is 175 g/mol. The highest BCUT2D eigenvalue weighted by Gasteiger charge is 2.45. The van der Waals surface area contributed by atoms with E-state index < -0.39 is 24.1 Å². The van der Waals surface area contributed by atoms with Gasteiger partial charge in [0, 0.05) is 6.54 Å². The molecular formula is C6H8F3NO2. The molecule has 0 saturated carbocycles. The van der Waals surface area contributed by atoms with Gasteiger partial charge in [-0.05, 0) is 6.42 Å². The van der Waals surface area contributed by atoms with Gasteiger partial charge < -0.3 is 10.4 Å². The SMILES string of the molecule is O=C(O)[C@@H]1CN[C@H](C(F)(F)F)C1. The first-order valence-electron chi connectivity index (χ1n) is 3.44. The average molecular weight is 183 g/mol. The van der Waals surface area contributed by atoms with E-state index in [4.69, 9.17) is 5.11 Å². The number of rotatable bonds is 1. The molecule has 1 heterocycles. The normalized spacial score (nSPS) is 30.6. The Labute approximate surface area is 66.6 Å². The van der Waals surface area contributed by atoms with Crippen molar-refractivity contribution in [2.45, 2.75) is 18.6 Å². The molecule has 12 heavy (non-hydrogen) atoms. The number of carboxylic acids is 1. The Hall–Kier alpha value is -0.780. The van der Waals surface area contributed by atoms with Gasteiger partial charge >= 0.3 is 12.1 Å². The molecule has 0 bridgehead atoms. The summed E-state index contributed by atoms with van der Waals surface area (Å²) in [5.74, 6) is -2.08. The van der Waals surface area contributed by atoms with Crippen LogP contribution < -0.4 is 5.32 Å². The van der Waals surface area contributed by atoms with Crippen molar-refractivity contribution in [1.82, 2.24) is 5.32 Å². The third kappa shape index (κ3) is 1.88. The van der Waals surface area contributed by atoms with Crippen molar-refractivity contribution in [3.8, 4) is 0 Å². The topological polar surface area (TPSA) is 49.3 Å². The second kappa shape index (κ2) is 2.93. The van der Waals surface area contributed by atoms with E-state index in [0.717, 1.165) is 0 Å². The molecule has 1 fully saturated rings. The number of halogens is 3. The summed E-state index contributed by atoms with van der Waals surface area (Å²) in [5, 5.41) is 10.5. The molecule has 0 spiro atoms. The third-order valence-electron chi connectivity index (χ3n) is 1.88. The molecule has 2 N–H and O–H groups in total. The Morgan fingerprint density at radius 2 is 2.08 bits per heavy atom. The van der Waals surface area contributed by atoms with Crippen LogP contribution in [0.25, 0.3) is 0 Å². The van der Waals surface area contributed by atoms with E-state index in [1.54, 1.807) is 0 Å². The first-order chi connectivity index (χ1) is 5.41. The summed E-state index contributed by atoms with van der Waals surface area (Å²) in [7, 11) is 0. The highest BCUT2D eigenvalue weighted by atomic mass is 19.4. The fourth-order valence-electron chi connectivity index (χ4n) is 1.17. The van der Waals surface area contributed by atoms with Crippen LogP contribution in [0.15, 0.2) is 0 Å². The lowest BCUT2D eigenvalue weighted by molar-refractivity contribution is -0.154. The van der Waals surface area contributed by atoms with Gasteiger partial charge in [-0.3, -0.25) is 4.79 Å². The van der Waals surface area contributed by atoms with Crippen molar-refractivity contribution in [1.29, 1.82) is 0 Å². The van der Waals surface area contributed by atoms with Crippen molar-refractivity contribution in [3.63, 3.8) is 0 Å². The van der Waals surface area contributed by atoms with Crippen molar-refractivity contribution in [2.75, 3.05) is 6.54 Å². The predicted octanol–water partition coefficient (Wildman–Crippen LogP) is 0.611. The van der Waals surface area contributed by atoms with Crippen LogP contribution in [0, 0.1) is 5.92 Å². The minimum atomic E-state index is -4.33. The van der Waals surface area contributed by atoms with Gasteiger partial charge in [0.2, 0.25) is 0 Å². The fraction of sp³-hybridized carbons (Fsp3) is 0.833. The number of hydrogen-bond donors (Lipinski definition) is 2. The van der Waals surface area contributed by atoms with Gasteiger partial charge in [-0.2, -0.15) is 13.2 Å². The number of alkyl halides is 3. The zero-order chi connectivity index (χ0) is 9.35. The number of carbonyl (C=O) groups is 1. The Morgan fingerprint density at radius 3 is 2.33 bits per heavy atom. The summed E-state index contributed by atoms with van der Waals surface area (Å²) < 4.78 is 35.8. The van der Waals surface area contributed by atoms with Crippen molar-refractivity contribution in [3.05, 3.63) is 0 Å². The zero-order valence-corrected chi connectivity index (χ0v) is 6.06. The van der Waals surface area contributed by atoms with Crippen molar-refractivity contribution < 1.29 is 23.1 Å². The molecule has 1 saturated heterocycles. The van der Waals surface area contributed by atoms with E-state index in [0.29, 0.717) is 0 Å². The quantitative estimate of drug-likeness (QED) is 0.626. The van der Waals surface area contributed by atoms with E-state index >= 15 is 0 Å². The Kier molecular flexibility index (Phi) is 2.27. The predicted molar refractivity (Wildman–Crippen MR) is 33.6 cm³/mol. The molecule has 0 aromatic rings. The van der Waals surface area contributed by atoms with Crippen LogP contribution in [0.1, 0.15) is 6.42 Å². The number of hydrogen-bond acceptors (Lipinski definition) is 2. The molecule has 1 aliphatic heterocycles. The van der Waals surface area contributed by atoms with Gasteiger partial charge in [-0.15, -0.1) is 0 Å². The molecule has 1 aliphatic rings. The number of nitrogens with one attached hydrogen (secondary N) is 1. The summed E-state index contributed by atoms with van der Waals surface area (Å²) in [5.41, 5.74) is 0. The van der Waals surface area contributed by atoms with E-state index in [1.165, 1.54) is 0 Å². The van der Waals surface area contributed by atoms with Gasteiger partial charge in [-0.25, -0.2) is 0 Å². The molecule has 70 valence electrons. The molecule has 0 aliphatic carbocycles. The second-order valence-electron chi connectivity index (χ2n) is 2.77. The Bertz CT molecular complexity index is 192. The minimum absolute atomic E-state index is 0.0977. The fourth-order valence-corrected chi connectivity index (χ4v) is 1.17. The van der Waals surface area contributed by atoms with Crippen LogP contribution in [0.4, 0.5) is 13.2 Å². The standard InChI is InChI=1S/C6H8F3NO2/c7-6(8,9)4-1-3(2-10-4)5(11)12/h3-4,10H,1-2H2,(H,11,12)/t3-,4-/m0/s1. The van der Waals surface area contributed by atoms with Crippen LogP contribution in [-0.4, -0.2) is 29.8 Å². The van der Waals surface area contributed by atoms with Gasteiger partial charge in [0.05, 0.1) is 5.92 Å². The van der Waals surface area contributed by atoms with E-state index in [9.17, 15) is 18.0 Å². The largest absolute Gasteiger partial charge is 0.481 e. The highest BCUT2D eigenvalue weighted by molar-refractivity contribution is 5.70. The zero-order valence-electron chi connectivity index (χ0n) is 6.06. The van der Waals surface area contributed by atoms with E-state index in [2.05, 4.69) is 5.32 Å². The van der Waals surface area contributed by atoms with Gasteiger partial charge in [0.1, 0.15) is 6.04 Å². The van der Waals surface area contributed by atoms with Gasteiger partial charge in [0.15, 0.2) is 0 Å². The Morgan fingerprint density at radius 1 is 1.50 bits per heavy atom. The molecule has 0 radical (unpaired) electrons. The molecule has 0 aromatic heterocycles. The highest BCUT2D eigenvalue weighted by Crippen LogP contribution is 2.28. The molecule has 3 nitrogen and oxygen atoms in total. The van der Waals surface area contributed by atoms with E-state index in [1.807, 2.05) is 0 Å². The maximum atomic E-state index is 11.9. The summed E-state index contributed by atoms with van der Waals surface area (Å²) in [6.07, 6.45) is -4.69. The maximum absolute atomic E-state index is 11.9. The lowest BCUT2D eigenvalue weighted by Crippen LogP contribution is -2.36. The summed E-state index contributed by atoms with van der Waals surface area (Å²) in [6, 6.07) is -1.65. The Balaban J connectivity index is 2.51. The van der Waals surface area contributed by atoms with Crippen LogP contribution in [0.3, 0.4) is 0 Å².